The Morgan fingerprint density at radius 1 is 1.38 bits per heavy atom. The van der Waals surface area contributed by atoms with Crippen LogP contribution in [0.1, 0.15) is 22.3 Å². The zero-order chi connectivity index (χ0) is 17.3. The number of rotatable bonds is 5. The molecule has 0 atom stereocenters. The predicted octanol–water partition coefficient (Wildman–Crippen LogP) is 2.01. The second-order valence-electron chi connectivity index (χ2n) is 5.00. The van der Waals surface area contributed by atoms with Crippen LogP contribution in [0.25, 0.3) is 5.65 Å². The Balaban J connectivity index is 1.66. The molecule has 3 N–H and O–H groups in total. The summed E-state index contributed by atoms with van der Waals surface area (Å²) in [7, 11) is 0. The van der Waals surface area contributed by atoms with Gasteiger partial charge < -0.3 is 11.1 Å². The van der Waals surface area contributed by atoms with Crippen molar-refractivity contribution in [3.8, 4) is 0 Å². The average Bonchev–Trinajstić information content (AvgIpc) is 3.08. The molecule has 10 heteroatoms. The molecule has 3 aromatic heterocycles. The lowest BCUT2D eigenvalue weighted by Crippen LogP contribution is -2.14. The molecule has 0 saturated carbocycles. The number of anilines is 2. The van der Waals surface area contributed by atoms with Gasteiger partial charge in [0.25, 0.3) is 0 Å². The number of hydrogen-bond acceptors (Lipinski definition) is 8. The van der Waals surface area contributed by atoms with Crippen molar-refractivity contribution >= 4 is 51.3 Å². The maximum Gasteiger partial charge on any atom is 0.236 e. The van der Waals surface area contributed by atoms with Crippen LogP contribution in [0, 0.1) is 6.92 Å². The number of nitrogen functional groups attached to an aromatic ring is 1. The largest absolute Gasteiger partial charge is 0.398 e. The van der Waals surface area contributed by atoms with Crippen molar-refractivity contribution in [1.82, 2.24) is 19.6 Å². The fourth-order valence-electron chi connectivity index (χ4n) is 2.05. The number of thiazole rings is 1. The molecule has 8 nitrogen and oxygen atoms in total. The summed E-state index contributed by atoms with van der Waals surface area (Å²) in [5.74, 6) is -0.152. The van der Waals surface area contributed by atoms with Gasteiger partial charge in [-0.3, -0.25) is 14.0 Å². The maximum absolute atomic E-state index is 12.1. The van der Waals surface area contributed by atoms with Crippen LogP contribution in [-0.2, 0) is 4.79 Å². The van der Waals surface area contributed by atoms with Crippen molar-refractivity contribution in [3.63, 3.8) is 0 Å². The van der Waals surface area contributed by atoms with Crippen LogP contribution in [0.2, 0.25) is 0 Å². The number of nitrogens with two attached hydrogens (primary N) is 1. The third kappa shape index (κ3) is 3.39. The van der Waals surface area contributed by atoms with E-state index >= 15 is 0 Å². The second-order valence-corrected chi connectivity index (χ2v) is 6.94. The van der Waals surface area contributed by atoms with E-state index < -0.39 is 0 Å². The first-order valence-corrected chi connectivity index (χ1v) is 8.75. The summed E-state index contributed by atoms with van der Waals surface area (Å²) in [6.07, 6.45) is 1.71. The molecule has 0 bridgehead atoms. The van der Waals surface area contributed by atoms with Crippen LogP contribution in [0.15, 0.2) is 23.5 Å². The molecule has 0 radical (unpaired) electrons. The molecule has 24 heavy (non-hydrogen) atoms. The summed E-state index contributed by atoms with van der Waals surface area (Å²) in [5.41, 5.74) is 7.62. The molecule has 124 valence electrons. The van der Waals surface area contributed by atoms with Gasteiger partial charge in [0.2, 0.25) is 5.91 Å². The van der Waals surface area contributed by atoms with Crippen LogP contribution in [-0.4, -0.2) is 37.0 Å². The molecule has 3 rings (SSSR count). The fourth-order valence-corrected chi connectivity index (χ4v) is 3.64. The average molecular weight is 362 g/mol. The van der Waals surface area contributed by atoms with Crippen LogP contribution >= 0.6 is 23.1 Å². The van der Waals surface area contributed by atoms with Crippen molar-refractivity contribution < 1.29 is 9.59 Å². The first kappa shape index (κ1) is 16.4. The van der Waals surface area contributed by atoms with E-state index in [9.17, 15) is 9.59 Å². The summed E-state index contributed by atoms with van der Waals surface area (Å²) < 4.78 is 1.73. The molecular weight excluding hydrogens is 348 g/mol. The van der Waals surface area contributed by atoms with E-state index in [2.05, 4.69) is 20.5 Å². The number of ketones is 1. The van der Waals surface area contributed by atoms with E-state index in [-0.39, 0.29) is 17.4 Å². The SMILES string of the molecule is CC(=O)c1sc(NC(=O)CSc2nnc3ccc(N)cn23)nc1C. The van der Waals surface area contributed by atoms with Gasteiger partial charge in [-0.05, 0) is 19.1 Å². The molecule has 3 aromatic rings. The lowest BCUT2D eigenvalue weighted by molar-refractivity contribution is -0.113. The first-order valence-electron chi connectivity index (χ1n) is 6.95. The van der Waals surface area contributed by atoms with Crippen LogP contribution in [0.3, 0.4) is 0 Å². The second kappa shape index (κ2) is 6.57. The van der Waals surface area contributed by atoms with E-state index in [1.54, 1.807) is 29.7 Å². The van der Waals surface area contributed by atoms with Crippen LogP contribution in [0.5, 0.6) is 0 Å². The van der Waals surface area contributed by atoms with Crippen molar-refractivity contribution in [1.29, 1.82) is 0 Å². The Kier molecular flexibility index (Phi) is 4.49. The van der Waals surface area contributed by atoms with Crippen molar-refractivity contribution in [2.45, 2.75) is 19.0 Å². The van der Waals surface area contributed by atoms with Gasteiger partial charge in [0.1, 0.15) is 0 Å². The molecule has 0 aliphatic heterocycles. The number of nitrogens with one attached hydrogen (secondary N) is 1. The quantitative estimate of drug-likeness (QED) is 0.527. The van der Waals surface area contributed by atoms with Crippen LogP contribution in [0.4, 0.5) is 10.8 Å². The van der Waals surface area contributed by atoms with Crippen molar-refractivity contribution in [3.05, 3.63) is 28.9 Å². The Labute approximate surface area is 145 Å². The van der Waals surface area contributed by atoms with Crippen molar-refractivity contribution in [2.75, 3.05) is 16.8 Å². The van der Waals surface area contributed by atoms with Gasteiger partial charge in [-0.2, -0.15) is 0 Å². The molecule has 0 spiro atoms. The third-order valence-corrected chi connectivity index (χ3v) is 5.21. The highest BCUT2D eigenvalue weighted by Crippen LogP contribution is 2.24. The normalized spacial score (nSPS) is 10.9. The fraction of sp³-hybridized carbons (Fsp3) is 0.214. The molecule has 0 saturated heterocycles. The Morgan fingerprint density at radius 3 is 2.88 bits per heavy atom. The number of amides is 1. The Morgan fingerprint density at radius 2 is 2.17 bits per heavy atom. The number of nitrogens with zero attached hydrogens (tertiary/aromatic N) is 4. The Hall–Kier alpha value is -2.46. The summed E-state index contributed by atoms with van der Waals surface area (Å²) in [6.45, 7) is 3.22. The van der Waals surface area contributed by atoms with E-state index in [0.717, 1.165) is 0 Å². The minimum Gasteiger partial charge on any atom is -0.398 e. The molecular formula is C14H14N6O2S2. The highest BCUT2D eigenvalue weighted by atomic mass is 32.2. The van der Waals surface area contributed by atoms with E-state index in [4.69, 9.17) is 5.73 Å². The highest BCUT2D eigenvalue weighted by molar-refractivity contribution is 7.99. The molecule has 0 fully saturated rings. The number of hydrogen-bond donors (Lipinski definition) is 2. The smallest absolute Gasteiger partial charge is 0.236 e. The minimum atomic E-state index is -0.232. The molecule has 1 amide bonds. The van der Waals surface area contributed by atoms with E-state index in [1.165, 1.54) is 30.0 Å². The minimum absolute atomic E-state index is 0.0626. The van der Waals surface area contributed by atoms with E-state index in [1.807, 2.05) is 0 Å². The van der Waals surface area contributed by atoms with Gasteiger partial charge in [0.15, 0.2) is 21.7 Å². The van der Waals surface area contributed by atoms with Gasteiger partial charge in [0.05, 0.1) is 16.3 Å². The number of thioether (sulfide) groups is 1. The van der Waals surface area contributed by atoms with Gasteiger partial charge in [-0.25, -0.2) is 4.98 Å². The molecule has 0 aromatic carbocycles. The van der Waals surface area contributed by atoms with Gasteiger partial charge >= 0.3 is 0 Å². The standard InChI is InChI=1S/C14H14N6O2S2/c1-7-12(8(2)21)24-13(16-7)17-11(22)6-23-14-19-18-10-4-3-9(15)5-20(10)14/h3-5H,6,15H2,1-2H3,(H,16,17,22). The number of pyridine rings is 1. The number of carbonyl (C=O) groups is 2. The molecule has 0 aliphatic carbocycles. The maximum atomic E-state index is 12.1. The molecule has 3 heterocycles. The third-order valence-electron chi connectivity index (χ3n) is 3.09. The zero-order valence-electron chi connectivity index (χ0n) is 12.9. The lowest BCUT2D eigenvalue weighted by Gasteiger charge is -2.01. The highest BCUT2D eigenvalue weighted by Gasteiger charge is 2.14. The summed E-state index contributed by atoms with van der Waals surface area (Å²) in [6, 6.07) is 3.50. The van der Waals surface area contributed by atoms with Crippen molar-refractivity contribution in [2.24, 2.45) is 0 Å². The zero-order valence-corrected chi connectivity index (χ0v) is 14.6. The number of aryl methyl sites for hydroxylation is 1. The van der Waals surface area contributed by atoms with Crippen LogP contribution < -0.4 is 11.1 Å². The van der Waals surface area contributed by atoms with E-state index in [0.29, 0.717) is 32.2 Å². The number of aromatic nitrogens is 4. The summed E-state index contributed by atoms with van der Waals surface area (Å²) >= 11 is 2.41. The molecule has 0 aliphatic rings. The number of fused-ring (bicyclic) bond motifs is 1. The topological polar surface area (TPSA) is 115 Å². The summed E-state index contributed by atoms with van der Waals surface area (Å²) in [4.78, 5) is 28.2. The summed E-state index contributed by atoms with van der Waals surface area (Å²) in [5, 5.41) is 11.7. The predicted molar refractivity (Wildman–Crippen MR) is 93.6 cm³/mol. The molecule has 0 unspecified atom stereocenters. The Bertz CT molecular complexity index is 933. The first-order chi connectivity index (χ1) is 11.4. The number of Topliss-reactive ketones (excluding diaryl/α,β-unsaturated/α-hetero) is 1. The lowest BCUT2D eigenvalue weighted by atomic mass is 10.3. The number of carbonyl (C=O) groups excluding carboxylic acids is 2. The van der Waals surface area contributed by atoms with Gasteiger partial charge in [0, 0.05) is 18.8 Å². The van der Waals surface area contributed by atoms with Gasteiger partial charge in [-0.15, -0.1) is 10.2 Å². The van der Waals surface area contributed by atoms with Gasteiger partial charge in [-0.1, -0.05) is 23.1 Å². The monoisotopic (exact) mass is 362 g/mol.